The number of aromatic nitrogens is 2. The number of nitrogens with one attached hydrogen (secondary N) is 1. The number of nitrogens with zero attached hydrogens (tertiary/aromatic N) is 2. The number of hydrogen-bond acceptors (Lipinski definition) is 3. The van der Waals surface area contributed by atoms with Gasteiger partial charge in [-0.15, -0.1) is 0 Å². The second-order valence-corrected chi connectivity index (χ2v) is 3.90. The molecule has 0 aliphatic carbocycles. The van der Waals surface area contributed by atoms with E-state index in [4.69, 9.17) is 5.73 Å². The van der Waals surface area contributed by atoms with E-state index < -0.39 is 11.7 Å². The van der Waals surface area contributed by atoms with Gasteiger partial charge >= 0.3 is 0 Å². The van der Waals surface area contributed by atoms with Gasteiger partial charge in [0.2, 0.25) is 0 Å². The molecule has 0 bridgehead atoms. The Labute approximate surface area is 103 Å². The standard InChI is InChI=1S/C12H13FN4O/c1-7-10(11(14)17(2)16-7)12(18)15-9-6-4-3-5-8(9)13/h3-6H,14H2,1-2H3,(H,15,18). The minimum absolute atomic E-state index is 0.116. The number of anilines is 2. The molecule has 1 aromatic heterocycles. The highest BCUT2D eigenvalue weighted by atomic mass is 19.1. The summed E-state index contributed by atoms with van der Waals surface area (Å²) in [7, 11) is 1.64. The van der Waals surface area contributed by atoms with Crippen LogP contribution in [0.4, 0.5) is 15.9 Å². The van der Waals surface area contributed by atoms with E-state index in [1.54, 1.807) is 26.1 Å². The smallest absolute Gasteiger partial charge is 0.261 e. The van der Waals surface area contributed by atoms with Crippen molar-refractivity contribution in [2.75, 3.05) is 11.1 Å². The highest BCUT2D eigenvalue weighted by Gasteiger charge is 2.19. The minimum Gasteiger partial charge on any atom is -0.383 e. The quantitative estimate of drug-likeness (QED) is 0.849. The Hall–Kier alpha value is -2.37. The Kier molecular flexibility index (Phi) is 3.01. The van der Waals surface area contributed by atoms with Crippen molar-refractivity contribution in [1.29, 1.82) is 0 Å². The maximum atomic E-state index is 13.4. The van der Waals surface area contributed by atoms with Crippen molar-refractivity contribution in [3.8, 4) is 0 Å². The molecule has 0 atom stereocenters. The lowest BCUT2D eigenvalue weighted by atomic mass is 10.2. The highest BCUT2D eigenvalue weighted by molar-refractivity contribution is 6.08. The Morgan fingerprint density at radius 2 is 2.11 bits per heavy atom. The number of rotatable bonds is 2. The molecule has 1 amide bonds. The monoisotopic (exact) mass is 248 g/mol. The second kappa shape index (κ2) is 4.48. The van der Waals surface area contributed by atoms with Crippen LogP contribution in [0.5, 0.6) is 0 Å². The topological polar surface area (TPSA) is 72.9 Å². The Balaban J connectivity index is 2.31. The molecule has 2 rings (SSSR count). The van der Waals surface area contributed by atoms with Crippen LogP contribution in [-0.4, -0.2) is 15.7 Å². The molecule has 1 aromatic carbocycles. The van der Waals surface area contributed by atoms with E-state index in [2.05, 4.69) is 10.4 Å². The molecular formula is C12H13FN4O. The van der Waals surface area contributed by atoms with Gasteiger partial charge in [-0.2, -0.15) is 5.10 Å². The van der Waals surface area contributed by atoms with Crippen molar-refractivity contribution in [2.24, 2.45) is 7.05 Å². The van der Waals surface area contributed by atoms with Gasteiger partial charge in [-0.25, -0.2) is 4.39 Å². The second-order valence-electron chi connectivity index (χ2n) is 3.90. The van der Waals surface area contributed by atoms with E-state index in [1.165, 1.54) is 16.8 Å². The first-order chi connectivity index (χ1) is 8.50. The van der Waals surface area contributed by atoms with Gasteiger partial charge in [0.15, 0.2) is 0 Å². The summed E-state index contributed by atoms with van der Waals surface area (Å²) in [5.74, 6) is -0.712. The van der Waals surface area contributed by atoms with Gasteiger partial charge in [0.1, 0.15) is 17.2 Å². The SMILES string of the molecule is Cc1nn(C)c(N)c1C(=O)Nc1ccccc1F. The molecule has 0 aliphatic rings. The number of hydrogen-bond donors (Lipinski definition) is 2. The first-order valence-electron chi connectivity index (χ1n) is 5.35. The molecule has 0 fully saturated rings. The molecule has 6 heteroatoms. The molecular weight excluding hydrogens is 235 g/mol. The van der Waals surface area contributed by atoms with Gasteiger partial charge in [-0.1, -0.05) is 12.1 Å². The third kappa shape index (κ3) is 2.04. The minimum atomic E-state index is -0.494. The molecule has 2 aromatic rings. The predicted octanol–water partition coefficient (Wildman–Crippen LogP) is 1.70. The molecule has 18 heavy (non-hydrogen) atoms. The molecule has 0 spiro atoms. The van der Waals surface area contributed by atoms with Crippen molar-refractivity contribution in [3.63, 3.8) is 0 Å². The number of nitrogen functional groups attached to an aromatic ring is 1. The lowest BCUT2D eigenvalue weighted by Crippen LogP contribution is -2.15. The molecule has 0 unspecified atom stereocenters. The average Bonchev–Trinajstić information content (AvgIpc) is 2.56. The molecule has 0 saturated carbocycles. The number of aryl methyl sites for hydroxylation is 2. The van der Waals surface area contributed by atoms with E-state index in [9.17, 15) is 9.18 Å². The number of para-hydroxylation sites is 1. The molecule has 0 radical (unpaired) electrons. The van der Waals surface area contributed by atoms with Crippen molar-refractivity contribution in [1.82, 2.24) is 9.78 Å². The summed E-state index contributed by atoms with van der Waals surface area (Å²) in [5.41, 5.74) is 6.63. The summed E-state index contributed by atoms with van der Waals surface area (Å²) >= 11 is 0. The zero-order chi connectivity index (χ0) is 13.3. The predicted molar refractivity (Wildman–Crippen MR) is 66.7 cm³/mol. The molecule has 94 valence electrons. The van der Waals surface area contributed by atoms with Crippen LogP contribution in [0.2, 0.25) is 0 Å². The molecule has 0 saturated heterocycles. The van der Waals surface area contributed by atoms with E-state index in [0.29, 0.717) is 5.69 Å². The summed E-state index contributed by atoms with van der Waals surface area (Å²) < 4.78 is 14.8. The summed E-state index contributed by atoms with van der Waals surface area (Å²) in [6.07, 6.45) is 0. The van der Waals surface area contributed by atoms with Crippen LogP contribution in [0.1, 0.15) is 16.1 Å². The molecule has 5 nitrogen and oxygen atoms in total. The van der Waals surface area contributed by atoms with Gasteiger partial charge in [-0.05, 0) is 19.1 Å². The van der Waals surface area contributed by atoms with Crippen molar-refractivity contribution < 1.29 is 9.18 Å². The van der Waals surface area contributed by atoms with Gasteiger partial charge < -0.3 is 11.1 Å². The number of amides is 1. The van der Waals surface area contributed by atoms with Crippen LogP contribution in [0.15, 0.2) is 24.3 Å². The maximum Gasteiger partial charge on any atom is 0.261 e. The molecule has 3 N–H and O–H groups in total. The van der Waals surface area contributed by atoms with Crippen LogP contribution in [0.3, 0.4) is 0 Å². The van der Waals surface area contributed by atoms with Gasteiger partial charge in [-0.3, -0.25) is 9.48 Å². The van der Waals surface area contributed by atoms with Crippen LogP contribution >= 0.6 is 0 Å². The van der Waals surface area contributed by atoms with E-state index in [1.807, 2.05) is 0 Å². The van der Waals surface area contributed by atoms with Crippen LogP contribution in [0.25, 0.3) is 0 Å². The van der Waals surface area contributed by atoms with Crippen molar-refractivity contribution in [2.45, 2.75) is 6.92 Å². The fourth-order valence-electron chi connectivity index (χ4n) is 1.70. The molecule has 0 aliphatic heterocycles. The Morgan fingerprint density at radius 1 is 1.44 bits per heavy atom. The number of nitrogens with two attached hydrogens (primary N) is 1. The Morgan fingerprint density at radius 3 is 2.67 bits per heavy atom. The normalized spacial score (nSPS) is 10.4. The van der Waals surface area contributed by atoms with Gasteiger partial charge in [0.25, 0.3) is 5.91 Å². The molecule has 1 heterocycles. The number of benzene rings is 1. The first-order valence-corrected chi connectivity index (χ1v) is 5.35. The summed E-state index contributed by atoms with van der Waals surface area (Å²) in [6, 6.07) is 5.94. The van der Waals surface area contributed by atoms with E-state index >= 15 is 0 Å². The third-order valence-corrected chi connectivity index (χ3v) is 2.62. The lowest BCUT2D eigenvalue weighted by Gasteiger charge is -2.06. The number of carbonyl (C=O) groups is 1. The van der Waals surface area contributed by atoms with Gasteiger partial charge in [0, 0.05) is 7.05 Å². The van der Waals surface area contributed by atoms with Crippen molar-refractivity contribution >= 4 is 17.4 Å². The maximum absolute atomic E-state index is 13.4. The zero-order valence-electron chi connectivity index (χ0n) is 10.1. The fraction of sp³-hybridized carbons (Fsp3) is 0.167. The van der Waals surface area contributed by atoms with Crippen LogP contribution in [-0.2, 0) is 7.05 Å². The van der Waals surface area contributed by atoms with Gasteiger partial charge in [0.05, 0.1) is 11.4 Å². The average molecular weight is 248 g/mol. The van der Waals surface area contributed by atoms with Crippen molar-refractivity contribution in [3.05, 3.63) is 41.3 Å². The summed E-state index contributed by atoms with van der Waals surface area (Å²) in [5, 5.41) is 6.51. The lowest BCUT2D eigenvalue weighted by molar-refractivity contribution is 0.102. The van der Waals surface area contributed by atoms with E-state index in [-0.39, 0.29) is 17.1 Å². The number of halogens is 1. The fourth-order valence-corrected chi connectivity index (χ4v) is 1.70. The summed E-state index contributed by atoms with van der Waals surface area (Å²) in [6.45, 7) is 1.67. The van der Waals surface area contributed by atoms with Crippen LogP contribution in [0, 0.1) is 12.7 Å². The highest BCUT2D eigenvalue weighted by Crippen LogP contribution is 2.19. The largest absolute Gasteiger partial charge is 0.383 e. The summed E-state index contributed by atoms with van der Waals surface area (Å²) in [4.78, 5) is 12.0. The number of carbonyl (C=O) groups excluding carboxylic acids is 1. The Bertz CT molecular complexity index is 606. The van der Waals surface area contributed by atoms with E-state index in [0.717, 1.165) is 0 Å². The zero-order valence-corrected chi connectivity index (χ0v) is 10.1. The third-order valence-electron chi connectivity index (χ3n) is 2.62. The van der Waals surface area contributed by atoms with Crippen LogP contribution < -0.4 is 11.1 Å². The first kappa shape index (κ1) is 12.1.